The number of hydrogen-bond donors (Lipinski definition) is 1. The summed E-state index contributed by atoms with van der Waals surface area (Å²) in [6.45, 7) is 10.0. The molecule has 0 saturated carbocycles. The molecule has 0 aliphatic carbocycles. The Morgan fingerprint density at radius 3 is 1.24 bits per heavy atom. The standard InChI is InChI=1S/C3H6O.C3H8.C2H5Br.C2H6O.B.BrH.K.Na.2H/c1-2-3-4;1-3-2;2*1-2-3;;;;;;/h3H,2H2,1H3;3H2,1-2H3;2H2,1H3;3H,2H2,1H3;;1H;;;;/q;;;;;;2*+1;2*-1. The number of rotatable bonds is 1. The van der Waals surface area contributed by atoms with E-state index in [0.29, 0.717) is 6.42 Å². The molecule has 0 fully saturated rings. The average Bonchev–Trinajstić information content (AvgIpc) is 2.08. The van der Waals surface area contributed by atoms with Gasteiger partial charge in [-0.2, -0.15) is 0 Å². The third-order valence-electron chi connectivity index (χ3n) is 0.167. The van der Waals surface area contributed by atoms with E-state index in [-0.39, 0.29) is 116 Å². The van der Waals surface area contributed by atoms with Crippen molar-refractivity contribution >= 4 is 47.6 Å². The van der Waals surface area contributed by atoms with Crippen LogP contribution in [0.3, 0.4) is 0 Å². The second-order valence-electron chi connectivity index (χ2n) is 1.87. The Labute approximate surface area is 197 Å². The van der Waals surface area contributed by atoms with Crippen LogP contribution >= 0.6 is 32.9 Å². The molecule has 0 rings (SSSR count). The van der Waals surface area contributed by atoms with Gasteiger partial charge in [-0.1, -0.05) is 50.0 Å². The zero-order valence-corrected chi connectivity index (χ0v) is 21.0. The fourth-order valence-corrected chi connectivity index (χ4v) is 0. The van der Waals surface area contributed by atoms with Gasteiger partial charge < -0.3 is 12.8 Å². The van der Waals surface area contributed by atoms with Crippen molar-refractivity contribution in [2.45, 2.75) is 47.5 Å². The Morgan fingerprint density at radius 1 is 1.18 bits per heavy atom. The predicted molar refractivity (Wildman–Crippen MR) is 82.8 cm³/mol. The summed E-state index contributed by atoms with van der Waals surface area (Å²) in [6, 6.07) is 0. The molecule has 0 aliphatic rings. The van der Waals surface area contributed by atoms with Crippen molar-refractivity contribution in [3.63, 3.8) is 0 Å². The second-order valence-corrected chi connectivity index (χ2v) is 2.99. The number of carbonyl (C=O) groups excluding carboxylic acids is 1. The van der Waals surface area contributed by atoms with Gasteiger partial charge in [-0.05, 0) is 6.92 Å². The van der Waals surface area contributed by atoms with Crippen LogP contribution in [-0.4, -0.2) is 31.7 Å². The van der Waals surface area contributed by atoms with Crippen molar-refractivity contribution in [3.8, 4) is 0 Å². The van der Waals surface area contributed by atoms with Crippen LogP contribution in [-0.2, 0) is 4.79 Å². The maximum absolute atomic E-state index is 9.17. The van der Waals surface area contributed by atoms with Gasteiger partial charge in [-0.3, -0.25) is 0 Å². The van der Waals surface area contributed by atoms with E-state index in [9.17, 15) is 4.79 Å². The number of carbonyl (C=O) groups is 1. The van der Waals surface area contributed by atoms with Crippen molar-refractivity contribution in [2.24, 2.45) is 0 Å². The Bertz CT molecular complexity index is 74.0. The van der Waals surface area contributed by atoms with Crippen molar-refractivity contribution in [3.05, 3.63) is 0 Å². The normalized spacial score (nSPS) is 4.65. The van der Waals surface area contributed by atoms with E-state index in [1.165, 1.54) is 6.42 Å². The van der Waals surface area contributed by atoms with Crippen LogP contribution < -0.4 is 80.9 Å². The van der Waals surface area contributed by atoms with Crippen LogP contribution in [0.5, 0.6) is 0 Å². The number of aliphatic hydroxyl groups excluding tert-OH is 1. The van der Waals surface area contributed by atoms with Crippen LogP contribution in [0, 0.1) is 0 Å². The number of alkyl halides is 1. The van der Waals surface area contributed by atoms with Crippen molar-refractivity contribution < 1.29 is 93.7 Å². The Morgan fingerprint density at radius 2 is 1.24 bits per heavy atom. The van der Waals surface area contributed by atoms with Gasteiger partial charge >= 0.3 is 80.9 Å². The molecule has 0 aromatic rings. The van der Waals surface area contributed by atoms with Gasteiger partial charge in [0.15, 0.2) is 0 Å². The maximum atomic E-state index is 9.17. The molecule has 99 valence electrons. The summed E-state index contributed by atoms with van der Waals surface area (Å²) in [5.74, 6) is 0. The van der Waals surface area contributed by atoms with E-state index in [1.54, 1.807) is 6.92 Å². The maximum Gasteiger partial charge on any atom is 1.00 e. The molecule has 0 amide bonds. The van der Waals surface area contributed by atoms with Crippen molar-refractivity contribution in [1.29, 1.82) is 0 Å². The molecule has 0 aromatic carbocycles. The first-order valence-electron chi connectivity index (χ1n) is 4.76. The zero-order chi connectivity index (χ0) is 11.5. The molecule has 0 heterocycles. The molecule has 0 aliphatic heterocycles. The van der Waals surface area contributed by atoms with E-state index < -0.39 is 0 Å². The van der Waals surface area contributed by atoms with Crippen LogP contribution in [0.25, 0.3) is 0 Å². The predicted octanol–water partition coefficient (Wildman–Crippen LogP) is -2.16. The van der Waals surface area contributed by atoms with E-state index >= 15 is 0 Å². The number of hydrogen-bond acceptors (Lipinski definition) is 2. The summed E-state index contributed by atoms with van der Waals surface area (Å²) in [4.78, 5) is 9.17. The third-order valence-corrected chi connectivity index (χ3v) is 0.167. The molecule has 7 heteroatoms. The van der Waals surface area contributed by atoms with E-state index in [2.05, 4.69) is 29.8 Å². The molecule has 17 heavy (non-hydrogen) atoms. The van der Waals surface area contributed by atoms with Gasteiger partial charge in [0.1, 0.15) is 6.29 Å². The monoisotopic (exact) mass is 411 g/mol. The summed E-state index contributed by atoms with van der Waals surface area (Å²) in [5, 5.41) is 8.63. The number of halogens is 2. The second kappa shape index (κ2) is 93.9. The van der Waals surface area contributed by atoms with Crippen LogP contribution in [0.2, 0.25) is 0 Å². The third kappa shape index (κ3) is 313. The molecule has 2 nitrogen and oxygen atoms in total. The van der Waals surface area contributed by atoms with Gasteiger partial charge in [0.2, 0.25) is 0 Å². The van der Waals surface area contributed by atoms with Gasteiger partial charge in [0.05, 0.1) is 0 Å². The molecule has 3 radical (unpaired) electrons. The van der Waals surface area contributed by atoms with Gasteiger partial charge in [0.25, 0.3) is 0 Å². The van der Waals surface area contributed by atoms with Crippen LogP contribution in [0.15, 0.2) is 0 Å². The summed E-state index contributed by atoms with van der Waals surface area (Å²) in [5.41, 5.74) is 0. The minimum absolute atomic E-state index is 0. The van der Waals surface area contributed by atoms with E-state index in [4.69, 9.17) is 5.11 Å². The zero-order valence-electron chi connectivity index (χ0n) is 14.6. The molecule has 0 unspecified atom stereocenters. The first-order valence-corrected chi connectivity index (χ1v) is 5.88. The van der Waals surface area contributed by atoms with Gasteiger partial charge in [-0.25, -0.2) is 0 Å². The summed E-state index contributed by atoms with van der Waals surface area (Å²) in [7, 11) is 0. The van der Waals surface area contributed by atoms with Crippen LogP contribution in [0.1, 0.15) is 50.3 Å². The largest absolute Gasteiger partial charge is 1.00 e. The fraction of sp³-hybridized carbons (Fsp3) is 0.900. The van der Waals surface area contributed by atoms with Crippen molar-refractivity contribution in [1.82, 2.24) is 0 Å². The summed E-state index contributed by atoms with van der Waals surface area (Å²) in [6.07, 6.45) is 2.76. The first-order chi connectivity index (χ1) is 6.16. The SMILES string of the molecule is Br.CCBr.CCC.CCC=O.CCO.[B].[H-].[H-].[K+].[Na+]. The quantitative estimate of drug-likeness (QED) is 0.303. The van der Waals surface area contributed by atoms with E-state index in [1.807, 2.05) is 13.8 Å². The minimum atomic E-state index is 0. The molecule has 0 spiro atoms. The number of aldehydes is 1. The Hall–Kier alpha value is 3.29. The molecular formula is C10H28BBr2KNaO2. The summed E-state index contributed by atoms with van der Waals surface area (Å²) >= 11 is 3.15. The van der Waals surface area contributed by atoms with Crippen molar-refractivity contribution in [2.75, 3.05) is 11.9 Å². The van der Waals surface area contributed by atoms with Gasteiger partial charge in [-0.15, -0.1) is 17.0 Å². The first kappa shape index (κ1) is 50.0. The number of aliphatic hydroxyl groups is 1. The Balaban J connectivity index is -0.00000000647. The van der Waals surface area contributed by atoms with E-state index in [0.717, 1.165) is 11.6 Å². The summed E-state index contributed by atoms with van der Waals surface area (Å²) < 4.78 is 0. The molecule has 1 N–H and O–H groups in total. The Kier molecular flexibility index (Phi) is 276. The molecule has 0 saturated heterocycles. The van der Waals surface area contributed by atoms with Gasteiger partial charge in [0, 0.05) is 26.8 Å². The fourth-order valence-electron chi connectivity index (χ4n) is 0. The molecule has 0 atom stereocenters. The smallest absolute Gasteiger partial charge is 1.00 e. The molecule has 0 bridgehead atoms. The molecular weight excluding hydrogens is 385 g/mol. The average molecular weight is 413 g/mol. The molecule has 0 aromatic heterocycles. The minimum Gasteiger partial charge on any atom is -1.00 e. The topological polar surface area (TPSA) is 37.3 Å². The van der Waals surface area contributed by atoms with Crippen LogP contribution in [0.4, 0.5) is 0 Å².